The van der Waals surface area contributed by atoms with E-state index in [2.05, 4.69) is 19.1 Å². The molecule has 0 N–H and O–H groups in total. The topological polar surface area (TPSA) is 34.1 Å². The molecular weight excluding hydrogens is 200 g/mol. The van der Waals surface area contributed by atoms with Crippen molar-refractivity contribution in [2.45, 2.75) is 64.7 Å². The average molecular weight is 223 g/mol. The molecule has 0 heterocycles. The molecule has 0 spiro atoms. The molecule has 0 bridgehead atoms. The number of ketones is 1. The normalized spacial score (nSPS) is 10.8. The molecule has 2 heteroatoms. The zero-order valence-electron chi connectivity index (χ0n) is 10.3. The zero-order valence-corrected chi connectivity index (χ0v) is 10.3. The molecule has 1 radical (unpaired) electrons. The zero-order chi connectivity index (χ0) is 12.1. The molecule has 0 aromatic carbocycles. The van der Waals surface area contributed by atoms with Gasteiger partial charge in [-0.2, -0.15) is 0 Å². The first-order chi connectivity index (χ1) is 7.81. The van der Waals surface area contributed by atoms with Crippen LogP contribution in [0.1, 0.15) is 64.7 Å². The van der Waals surface area contributed by atoms with Crippen molar-refractivity contribution in [2.24, 2.45) is 0 Å². The molecule has 0 aliphatic rings. The molecule has 0 amide bonds. The van der Waals surface area contributed by atoms with Gasteiger partial charge in [0.15, 0.2) is 0 Å². The van der Waals surface area contributed by atoms with E-state index in [4.69, 9.17) is 0 Å². The van der Waals surface area contributed by atoms with Crippen molar-refractivity contribution in [3.8, 4) is 0 Å². The van der Waals surface area contributed by atoms with Crippen LogP contribution >= 0.6 is 0 Å². The van der Waals surface area contributed by atoms with E-state index in [1.165, 1.54) is 19.3 Å². The molecule has 91 valence electrons. The number of carbonyl (C=O) groups is 1. The molecule has 0 aromatic heterocycles. The highest BCUT2D eigenvalue weighted by atomic mass is 16.1. The van der Waals surface area contributed by atoms with E-state index in [0.29, 0.717) is 6.42 Å². The molecule has 0 aliphatic heterocycles. The van der Waals surface area contributed by atoms with Gasteiger partial charge in [-0.1, -0.05) is 38.3 Å². The van der Waals surface area contributed by atoms with Crippen LogP contribution in [0.15, 0.2) is 12.2 Å². The summed E-state index contributed by atoms with van der Waals surface area (Å²) in [4.78, 5) is 20.9. The van der Waals surface area contributed by atoms with Crippen LogP contribution in [0.2, 0.25) is 0 Å². The number of unbranched alkanes of at least 4 members (excludes halogenated alkanes) is 5. The summed E-state index contributed by atoms with van der Waals surface area (Å²) < 4.78 is 0. The van der Waals surface area contributed by atoms with Crippen LogP contribution in [-0.4, -0.2) is 12.1 Å². The highest BCUT2D eigenvalue weighted by Crippen LogP contribution is 2.06. The third-order valence-electron chi connectivity index (χ3n) is 2.49. The van der Waals surface area contributed by atoms with E-state index in [1.54, 1.807) is 6.29 Å². The SMILES string of the molecule is CCCC/C=C/CCCCCC(=O)C[C]=O. The van der Waals surface area contributed by atoms with E-state index in [1.807, 2.05) is 0 Å². The molecule has 0 aromatic rings. The maximum absolute atomic E-state index is 11.0. The first-order valence-electron chi connectivity index (χ1n) is 6.33. The van der Waals surface area contributed by atoms with Crippen molar-refractivity contribution in [1.82, 2.24) is 0 Å². The van der Waals surface area contributed by atoms with Crippen LogP contribution < -0.4 is 0 Å². The van der Waals surface area contributed by atoms with Crippen LogP contribution in [0, 0.1) is 0 Å². The summed E-state index contributed by atoms with van der Waals surface area (Å²) in [6, 6.07) is 0. The summed E-state index contributed by atoms with van der Waals surface area (Å²) in [5.74, 6) is 0.0217. The Labute approximate surface area is 99.1 Å². The fourth-order valence-electron chi connectivity index (χ4n) is 1.49. The summed E-state index contributed by atoms with van der Waals surface area (Å²) in [6.07, 6.45) is 14.6. The molecule has 0 fully saturated rings. The van der Waals surface area contributed by atoms with E-state index in [0.717, 1.165) is 25.7 Å². The number of carbonyl (C=O) groups excluding carboxylic acids is 2. The van der Waals surface area contributed by atoms with Gasteiger partial charge in [0.2, 0.25) is 6.29 Å². The number of hydrogen-bond acceptors (Lipinski definition) is 2. The Morgan fingerprint density at radius 3 is 2.38 bits per heavy atom. The summed E-state index contributed by atoms with van der Waals surface area (Å²) >= 11 is 0. The van der Waals surface area contributed by atoms with Gasteiger partial charge in [0, 0.05) is 6.42 Å². The fraction of sp³-hybridized carbons (Fsp3) is 0.714. The minimum absolute atomic E-state index is 0.0217. The van der Waals surface area contributed by atoms with Crippen molar-refractivity contribution >= 4 is 12.1 Å². The van der Waals surface area contributed by atoms with Crippen molar-refractivity contribution < 1.29 is 9.59 Å². The third-order valence-corrected chi connectivity index (χ3v) is 2.49. The van der Waals surface area contributed by atoms with Gasteiger partial charge in [0.05, 0.1) is 6.42 Å². The van der Waals surface area contributed by atoms with Crippen LogP contribution in [0.3, 0.4) is 0 Å². The largest absolute Gasteiger partial charge is 0.299 e. The second-order valence-corrected chi connectivity index (χ2v) is 4.07. The van der Waals surface area contributed by atoms with E-state index in [9.17, 15) is 9.59 Å². The number of Topliss-reactive ketones (excluding diaryl/α,β-unsaturated/α-hetero) is 1. The van der Waals surface area contributed by atoms with Gasteiger partial charge in [-0.15, -0.1) is 0 Å². The first kappa shape index (κ1) is 15.1. The Kier molecular flexibility index (Phi) is 11.5. The first-order valence-corrected chi connectivity index (χ1v) is 6.33. The fourth-order valence-corrected chi connectivity index (χ4v) is 1.49. The van der Waals surface area contributed by atoms with Crippen LogP contribution in [0.25, 0.3) is 0 Å². The van der Waals surface area contributed by atoms with Crippen LogP contribution in [0.4, 0.5) is 0 Å². The van der Waals surface area contributed by atoms with Crippen LogP contribution in [0.5, 0.6) is 0 Å². The summed E-state index contributed by atoms with van der Waals surface area (Å²) in [6.45, 7) is 2.20. The molecule has 0 saturated carbocycles. The van der Waals surface area contributed by atoms with Gasteiger partial charge >= 0.3 is 0 Å². The van der Waals surface area contributed by atoms with Gasteiger partial charge < -0.3 is 0 Å². The molecule has 0 aliphatic carbocycles. The highest BCUT2D eigenvalue weighted by Gasteiger charge is 1.99. The van der Waals surface area contributed by atoms with Gasteiger partial charge in [0.25, 0.3) is 0 Å². The smallest absolute Gasteiger partial charge is 0.206 e. The van der Waals surface area contributed by atoms with E-state index >= 15 is 0 Å². The van der Waals surface area contributed by atoms with Gasteiger partial charge in [0.1, 0.15) is 5.78 Å². The summed E-state index contributed by atoms with van der Waals surface area (Å²) in [5.41, 5.74) is 0. The lowest BCUT2D eigenvalue weighted by molar-refractivity contribution is -0.118. The minimum Gasteiger partial charge on any atom is -0.299 e. The van der Waals surface area contributed by atoms with Gasteiger partial charge in [-0.05, 0) is 25.7 Å². The number of rotatable bonds is 11. The number of hydrogen-bond donors (Lipinski definition) is 0. The molecule has 0 saturated heterocycles. The summed E-state index contributed by atoms with van der Waals surface area (Å²) in [7, 11) is 0. The lowest BCUT2D eigenvalue weighted by Crippen LogP contribution is -1.97. The van der Waals surface area contributed by atoms with E-state index < -0.39 is 0 Å². The minimum atomic E-state index is -0.0308. The Hall–Kier alpha value is -0.920. The van der Waals surface area contributed by atoms with Gasteiger partial charge in [-0.3, -0.25) is 9.59 Å². The predicted molar refractivity (Wildman–Crippen MR) is 67.1 cm³/mol. The Morgan fingerprint density at radius 1 is 1.06 bits per heavy atom. The Bertz CT molecular complexity index is 207. The van der Waals surface area contributed by atoms with Crippen molar-refractivity contribution in [2.75, 3.05) is 0 Å². The highest BCUT2D eigenvalue weighted by molar-refractivity contribution is 5.89. The third kappa shape index (κ3) is 11.2. The molecular formula is C14H23O2. The van der Waals surface area contributed by atoms with Crippen molar-refractivity contribution in [3.05, 3.63) is 12.2 Å². The molecule has 0 unspecified atom stereocenters. The monoisotopic (exact) mass is 223 g/mol. The standard InChI is InChI=1S/C14H23O2/c1-2-3-4-5-6-7-8-9-10-11-14(16)12-13-15/h5-6H,2-4,7-12H2,1H3/b6-5+. The second kappa shape index (κ2) is 12.2. The maximum Gasteiger partial charge on any atom is 0.206 e. The number of allylic oxidation sites excluding steroid dienone is 2. The molecule has 0 rings (SSSR count). The average Bonchev–Trinajstić information content (AvgIpc) is 2.27. The van der Waals surface area contributed by atoms with Gasteiger partial charge in [-0.25, -0.2) is 0 Å². The second-order valence-electron chi connectivity index (χ2n) is 4.07. The lowest BCUT2D eigenvalue weighted by atomic mass is 10.1. The molecule has 16 heavy (non-hydrogen) atoms. The predicted octanol–water partition coefficient (Wildman–Crippen LogP) is 3.75. The van der Waals surface area contributed by atoms with E-state index in [-0.39, 0.29) is 12.2 Å². The van der Waals surface area contributed by atoms with Crippen molar-refractivity contribution in [1.29, 1.82) is 0 Å². The summed E-state index contributed by atoms with van der Waals surface area (Å²) in [5, 5.41) is 0. The van der Waals surface area contributed by atoms with Crippen molar-refractivity contribution in [3.63, 3.8) is 0 Å². The van der Waals surface area contributed by atoms with Crippen LogP contribution in [-0.2, 0) is 9.59 Å². The lowest BCUT2D eigenvalue weighted by Gasteiger charge is -1.97. The molecule has 0 atom stereocenters. The molecule has 2 nitrogen and oxygen atoms in total. The Balaban J connectivity index is 3.17. The maximum atomic E-state index is 11.0. The quantitative estimate of drug-likeness (QED) is 0.304. The Morgan fingerprint density at radius 2 is 1.75 bits per heavy atom.